The lowest BCUT2D eigenvalue weighted by Gasteiger charge is -2.12. The minimum atomic E-state index is -0.554. The number of fused-ring (bicyclic) bond motifs is 1. The van der Waals surface area contributed by atoms with Crippen molar-refractivity contribution in [3.05, 3.63) is 52.6 Å². The number of aromatic nitrogens is 2. The summed E-state index contributed by atoms with van der Waals surface area (Å²) in [5.74, 6) is -1.15. The Labute approximate surface area is 181 Å². The van der Waals surface area contributed by atoms with Gasteiger partial charge in [-0.25, -0.2) is 9.18 Å². The van der Waals surface area contributed by atoms with Gasteiger partial charge < -0.3 is 14.8 Å². The van der Waals surface area contributed by atoms with Crippen molar-refractivity contribution in [1.82, 2.24) is 15.1 Å². The molecule has 1 aromatic heterocycles. The van der Waals surface area contributed by atoms with Crippen LogP contribution in [-0.2, 0) is 28.9 Å². The Kier molecular flexibility index (Phi) is 8.17. The minimum Gasteiger partial charge on any atom is -0.462 e. The van der Waals surface area contributed by atoms with Crippen LogP contribution in [0.3, 0.4) is 0 Å². The van der Waals surface area contributed by atoms with Crippen molar-refractivity contribution in [3.63, 3.8) is 0 Å². The van der Waals surface area contributed by atoms with Crippen LogP contribution in [0.25, 0.3) is 0 Å². The molecule has 0 saturated heterocycles. The number of carbonyl (C=O) groups excluding carboxylic acids is 2. The summed E-state index contributed by atoms with van der Waals surface area (Å²) in [6, 6.07) is 5.45. The molecule has 1 amide bonds. The molecule has 0 unspecified atom stereocenters. The third kappa shape index (κ3) is 6.13. The van der Waals surface area contributed by atoms with Gasteiger partial charge in [-0.3, -0.25) is 9.48 Å². The number of nitrogens with one attached hydrogen (secondary N) is 1. The van der Waals surface area contributed by atoms with E-state index in [0.29, 0.717) is 44.8 Å². The molecule has 1 aliphatic rings. The van der Waals surface area contributed by atoms with Crippen molar-refractivity contribution in [2.75, 3.05) is 26.4 Å². The van der Waals surface area contributed by atoms with E-state index in [1.165, 1.54) is 18.2 Å². The van der Waals surface area contributed by atoms with Gasteiger partial charge in [-0.1, -0.05) is 13.0 Å². The lowest BCUT2D eigenvalue weighted by Crippen LogP contribution is -2.28. The molecule has 1 atom stereocenters. The summed E-state index contributed by atoms with van der Waals surface area (Å²) in [6.07, 6.45) is 2.86. The van der Waals surface area contributed by atoms with Crippen LogP contribution in [0.1, 0.15) is 58.8 Å². The summed E-state index contributed by atoms with van der Waals surface area (Å²) in [5.41, 5.74) is 2.59. The Hall–Kier alpha value is -2.74. The molecule has 0 spiro atoms. The van der Waals surface area contributed by atoms with E-state index >= 15 is 0 Å². The van der Waals surface area contributed by atoms with E-state index in [-0.39, 0.29) is 24.0 Å². The standard InChI is InChI=1S/C23H30FN3O4/c1-3-27-21-19(9-5-11-30-12-6-10-25-22(21)28)20(26-27)13-16(2)15-31-23(29)17-7-4-8-18(24)14-17/h4,7-8,14,16H,3,5-6,9-13,15H2,1-2H3,(H,25,28)/t16-/m1/s1. The predicted molar refractivity (Wildman–Crippen MR) is 114 cm³/mol. The average molecular weight is 432 g/mol. The van der Waals surface area contributed by atoms with Crippen LogP contribution in [0.2, 0.25) is 0 Å². The minimum absolute atomic E-state index is 0.0145. The van der Waals surface area contributed by atoms with Crippen LogP contribution in [0.15, 0.2) is 24.3 Å². The first kappa shape index (κ1) is 22.9. The van der Waals surface area contributed by atoms with Crippen LogP contribution in [0.5, 0.6) is 0 Å². The molecule has 1 N–H and O–H groups in total. The van der Waals surface area contributed by atoms with E-state index in [9.17, 15) is 14.0 Å². The number of rotatable bonds is 6. The zero-order valence-electron chi connectivity index (χ0n) is 18.2. The maximum atomic E-state index is 13.3. The number of hydrogen-bond donors (Lipinski definition) is 1. The summed E-state index contributed by atoms with van der Waals surface area (Å²) in [7, 11) is 0. The normalized spacial score (nSPS) is 16.0. The fourth-order valence-electron chi connectivity index (χ4n) is 3.68. The van der Waals surface area contributed by atoms with Crippen LogP contribution < -0.4 is 5.32 Å². The highest BCUT2D eigenvalue weighted by molar-refractivity contribution is 5.94. The van der Waals surface area contributed by atoms with E-state index in [1.807, 2.05) is 13.8 Å². The molecule has 0 aliphatic carbocycles. The highest BCUT2D eigenvalue weighted by atomic mass is 19.1. The van der Waals surface area contributed by atoms with Crippen LogP contribution >= 0.6 is 0 Å². The summed E-state index contributed by atoms with van der Waals surface area (Å²) in [5, 5.41) is 7.65. The third-order valence-corrected chi connectivity index (χ3v) is 5.22. The van der Waals surface area contributed by atoms with Gasteiger partial charge in [0, 0.05) is 31.9 Å². The number of ether oxygens (including phenoxy) is 2. The van der Waals surface area contributed by atoms with Crippen molar-refractivity contribution < 1.29 is 23.5 Å². The van der Waals surface area contributed by atoms with Crippen LogP contribution in [-0.4, -0.2) is 48.0 Å². The molecule has 0 fully saturated rings. The molecular weight excluding hydrogens is 401 g/mol. The van der Waals surface area contributed by atoms with Gasteiger partial charge >= 0.3 is 5.97 Å². The first-order chi connectivity index (χ1) is 15.0. The van der Waals surface area contributed by atoms with E-state index in [2.05, 4.69) is 5.32 Å². The molecule has 31 heavy (non-hydrogen) atoms. The van der Waals surface area contributed by atoms with Gasteiger partial charge in [-0.2, -0.15) is 5.10 Å². The van der Waals surface area contributed by atoms with Crippen molar-refractivity contribution in [2.24, 2.45) is 5.92 Å². The Balaban J connectivity index is 1.71. The van der Waals surface area contributed by atoms with E-state index in [0.717, 1.165) is 30.2 Å². The second kappa shape index (κ2) is 11.0. The Morgan fingerprint density at radius 3 is 2.94 bits per heavy atom. The van der Waals surface area contributed by atoms with Gasteiger partial charge in [0.2, 0.25) is 0 Å². The van der Waals surface area contributed by atoms with Gasteiger partial charge in [0.05, 0.1) is 17.9 Å². The SMILES string of the molecule is CCn1nc(C[C@@H](C)COC(=O)c2cccc(F)c2)c2c1C(=O)NCCCOCCC2. The predicted octanol–water partition coefficient (Wildman–Crippen LogP) is 3.16. The molecule has 0 saturated carbocycles. The lowest BCUT2D eigenvalue weighted by molar-refractivity contribution is 0.0447. The number of amides is 1. The molecule has 0 bridgehead atoms. The lowest BCUT2D eigenvalue weighted by atomic mass is 9.99. The summed E-state index contributed by atoms with van der Waals surface area (Å²) >= 11 is 0. The largest absolute Gasteiger partial charge is 0.462 e. The van der Waals surface area contributed by atoms with Crippen molar-refractivity contribution in [2.45, 2.75) is 46.1 Å². The molecular formula is C23H30FN3O4. The zero-order valence-corrected chi connectivity index (χ0v) is 18.2. The Morgan fingerprint density at radius 1 is 1.35 bits per heavy atom. The van der Waals surface area contributed by atoms with Crippen LogP contribution in [0.4, 0.5) is 4.39 Å². The van der Waals surface area contributed by atoms with Gasteiger partial charge in [-0.15, -0.1) is 0 Å². The van der Waals surface area contributed by atoms with Crippen molar-refractivity contribution in [3.8, 4) is 0 Å². The summed E-state index contributed by atoms with van der Waals surface area (Å²) in [6.45, 7) is 6.54. The number of aryl methyl sites for hydroxylation is 1. The molecule has 8 heteroatoms. The summed E-state index contributed by atoms with van der Waals surface area (Å²) < 4.78 is 26.1. The Bertz CT molecular complexity index is 912. The maximum absolute atomic E-state index is 13.3. The van der Waals surface area contributed by atoms with E-state index < -0.39 is 11.8 Å². The number of benzene rings is 1. The molecule has 3 rings (SSSR count). The van der Waals surface area contributed by atoms with Crippen molar-refractivity contribution in [1.29, 1.82) is 0 Å². The topological polar surface area (TPSA) is 82.5 Å². The fraction of sp³-hybridized carbons (Fsp3) is 0.522. The van der Waals surface area contributed by atoms with E-state index in [1.54, 1.807) is 4.68 Å². The highest BCUT2D eigenvalue weighted by Crippen LogP contribution is 2.21. The van der Waals surface area contributed by atoms with E-state index in [4.69, 9.17) is 14.6 Å². The van der Waals surface area contributed by atoms with Gasteiger partial charge in [0.25, 0.3) is 5.91 Å². The molecule has 1 aromatic carbocycles. The smallest absolute Gasteiger partial charge is 0.338 e. The molecule has 2 aromatic rings. The number of nitrogens with zero attached hydrogens (tertiary/aromatic N) is 2. The zero-order chi connectivity index (χ0) is 22.2. The number of hydrogen-bond acceptors (Lipinski definition) is 5. The van der Waals surface area contributed by atoms with Gasteiger partial charge in [0.1, 0.15) is 11.5 Å². The average Bonchev–Trinajstić information content (AvgIpc) is 3.08. The number of carbonyl (C=O) groups is 2. The monoisotopic (exact) mass is 431 g/mol. The first-order valence-corrected chi connectivity index (χ1v) is 10.9. The molecule has 168 valence electrons. The second-order valence-corrected chi connectivity index (χ2v) is 7.83. The van der Waals surface area contributed by atoms with Crippen LogP contribution in [0, 0.1) is 11.7 Å². The second-order valence-electron chi connectivity index (χ2n) is 7.83. The molecule has 2 heterocycles. The quantitative estimate of drug-likeness (QED) is 0.711. The molecule has 1 aliphatic heterocycles. The Morgan fingerprint density at radius 2 is 2.16 bits per heavy atom. The van der Waals surface area contributed by atoms with Gasteiger partial charge in [-0.05, 0) is 56.7 Å². The third-order valence-electron chi connectivity index (χ3n) is 5.22. The first-order valence-electron chi connectivity index (χ1n) is 10.9. The summed E-state index contributed by atoms with van der Waals surface area (Å²) in [4.78, 5) is 25.0. The maximum Gasteiger partial charge on any atom is 0.338 e. The highest BCUT2D eigenvalue weighted by Gasteiger charge is 2.24. The fourth-order valence-corrected chi connectivity index (χ4v) is 3.68. The van der Waals surface area contributed by atoms with Crippen molar-refractivity contribution >= 4 is 11.9 Å². The number of halogens is 1. The molecule has 7 nitrogen and oxygen atoms in total. The number of esters is 1. The molecule has 0 radical (unpaired) electrons. The van der Waals surface area contributed by atoms with Gasteiger partial charge in [0.15, 0.2) is 0 Å².